The molecule has 0 N–H and O–H groups in total. The zero-order chi connectivity index (χ0) is 10.8. The average Bonchev–Trinajstić information content (AvgIpc) is 2.02. The Balaban J connectivity index is 2.86. The van der Waals surface area contributed by atoms with Crippen LogP contribution in [0.2, 0.25) is 5.02 Å². The summed E-state index contributed by atoms with van der Waals surface area (Å²) in [6.07, 6.45) is 0.862. The van der Waals surface area contributed by atoms with Gasteiger partial charge in [0.05, 0.1) is 6.26 Å². The van der Waals surface area contributed by atoms with Crippen LogP contribution in [0.4, 0.5) is 0 Å². The third kappa shape index (κ3) is 3.35. The van der Waals surface area contributed by atoms with Crippen molar-refractivity contribution >= 4 is 27.5 Å². The summed E-state index contributed by atoms with van der Waals surface area (Å²) in [4.78, 5) is 11.2. The molecule has 1 aromatic carbocycles. The molecule has 1 rings (SSSR count). The molecule has 0 saturated heterocycles. The summed E-state index contributed by atoms with van der Waals surface area (Å²) < 4.78 is 24.3. The Hall–Kier alpha value is -1.07. The van der Waals surface area contributed by atoms with Crippen LogP contribution in [0.25, 0.3) is 0 Å². The van der Waals surface area contributed by atoms with Gasteiger partial charge in [-0.2, -0.15) is 0 Å². The van der Waals surface area contributed by atoms with Gasteiger partial charge >= 0.3 is 0 Å². The van der Waals surface area contributed by atoms with Crippen molar-refractivity contribution in [2.24, 2.45) is 0 Å². The molecule has 0 atom stereocenters. The van der Waals surface area contributed by atoms with Crippen LogP contribution in [0.5, 0.6) is 0 Å². The van der Waals surface area contributed by atoms with E-state index in [9.17, 15) is 13.2 Å². The van der Waals surface area contributed by atoms with E-state index in [1.54, 1.807) is 0 Å². The van der Waals surface area contributed by atoms with Crippen LogP contribution in [-0.4, -0.2) is 20.6 Å². The first kappa shape index (κ1) is 11.0. The first-order valence-corrected chi connectivity index (χ1v) is 5.84. The second-order valence-electron chi connectivity index (χ2n) is 2.64. The molecular formula is C8H7ClNO3S. The maximum atomic E-state index is 11.2. The number of amides is 1. The van der Waals surface area contributed by atoms with E-state index < -0.39 is 15.9 Å². The summed E-state index contributed by atoms with van der Waals surface area (Å²) >= 11 is 5.59. The van der Waals surface area contributed by atoms with Crippen molar-refractivity contribution in [3.05, 3.63) is 34.9 Å². The number of halogens is 1. The van der Waals surface area contributed by atoms with Crippen molar-refractivity contribution < 1.29 is 13.2 Å². The molecule has 0 bridgehead atoms. The molecule has 4 nitrogen and oxygen atoms in total. The van der Waals surface area contributed by atoms with Crippen molar-refractivity contribution in [1.82, 2.24) is 4.72 Å². The highest BCUT2D eigenvalue weighted by Crippen LogP contribution is 2.09. The molecule has 0 unspecified atom stereocenters. The summed E-state index contributed by atoms with van der Waals surface area (Å²) in [5.41, 5.74) is 0.194. The molecule has 0 aliphatic heterocycles. The second kappa shape index (κ2) is 3.98. The van der Waals surface area contributed by atoms with Crippen molar-refractivity contribution in [3.63, 3.8) is 0 Å². The van der Waals surface area contributed by atoms with Crippen LogP contribution in [0.1, 0.15) is 10.4 Å². The topological polar surface area (TPSA) is 65.3 Å². The Bertz CT molecular complexity index is 438. The predicted octanol–water partition coefficient (Wildman–Crippen LogP) is 1.04. The number of nitrogens with zero attached hydrogens (tertiary/aromatic N) is 1. The Labute approximate surface area is 86.9 Å². The van der Waals surface area contributed by atoms with Gasteiger partial charge in [-0.05, 0) is 24.3 Å². The Morgan fingerprint density at radius 1 is 1.29 bits per heavy atom. The van der Waals surface area contributed by atoms with Gasteiger partial charge in [0.1, 0.15) is 0 Å². The molecule has 0 aliphatic rings. The van der Waals surface area contributed by atoms with Crippen LogP contribution < -0.4 is 4.72 Å². The lowest BCUT2D eigenvalue weighted by Gasteiger charge is -1.98. The van der Waals surface area contributed by atoms with Crippen LogP contribution >= 0.6 is 11.6 Å². The van der Waals surface area contributed by atoms with Crippen molar-refractivity contribution in [3.8, 4) is 0 Å². The molecule has 0 saturated carbocycles. The maximum Gasteiger partial charge on any atom is 0.287 e. The summed E-state index contributed by atoms with van der Waals surface area (Å²) in [6.45, 7) is 0. The molecule has 1 aromatic rings. The fourth-order valence-electron chi connectivity index (χ4n) is 0.796. The number of benzene rings is 1. The lowest BCUT2D eigenvalue weighted by molar-refractivity contribution is 0.0978. The first-order chi connectivity index (χ1) is 6.38. The molecule has 0 spiro atoms. The quantitative estimate of drug-likeness (QED) is 0.765. The van der Waals surface area contributed by atoms with Gasteiger partial charge in [-0.3, -0.25) is 4.79 Å². The Kier molecular flexibility index (Phi) is 3.13. The largest absolute Gasteiger partial charge is 0.287 e. The molecule has 6 heteroatoms. The lowest BCUT2D eigenvalue weighted by atomic mass is 10.2. The van der Waals surface area contributed by atoms with Crippen molar-refractivity contribution in [2.75, 3.05) is 6.26 Å². The monoisotopic (exact) mass is 232 g/mol. The first-order valence-electron chi connectivity index (χ1n) is 3.61. The molecule has 75 valence electrons. The second-order valence-corrected chi connectivity index (χ2v) is 4.72. The fourth-order valence-corrected chi connectivity index (χ4v) is 1.33. The van der Waals surface area contributed by atoms with Gasteiger partial charge in [0.15, 0.2) is 0 Å². The van der Waals surface area contributed by atoms with E-state index in [0.29, 0.717) is 5.02 Å². The predicted molar refractivity (Wildman–Crippen MR) is 52.8 cm³/mol. The number of carbonyl (C=O) groups excluding carboxylic acids is 1. The van der Waals surface area contributed by atoms with E-state index in [4.69, 9.17) is 11.6 Å². The van der Waals surface area contributed by atoms with Gasteiger partial charge < -0.3 is 0 Å². The van der Waals surface area contributed by atoms with E-state index in [1.807, 2.05) is 0 Å². The highest BCUT2D eigenvalue weighted by Gasteiger charge is 2.13. The lowest BCUT2D eigenvalue weighted by Crippen LogP contribution is -2.21. The summed E-state index contributed by atoms with van der Waals surface area (Å²) in [5, 5.41) is 0.473. The fraction of sp³-hybridized carbons (Fsp3) is 0.125. The van der Waals surface area contributed by atoms with E-state index >= 15 is 0 Å². The summed E-state index contributed by atoms with van der Waals surface area (Å²) in [5.74, 6) is -0.788. The summed E-state index contributed by atoms with van der Waals surface area (Å²) in [6, 6.07) is 5.82. The molecule has 1 radical (unpaired) electrons. The van der Waals surface area contributed by atoms with Crippen LogP contribution in [-0.2, 0) is 10.0 Å². The highest BCUT2D eigenvalue weighted by atomic mass is 35.5. The van der Waals surface area contributed by atoms with E-state index in [1.165, 1.54) is 24.3 Å². The van der Waals surface area contributed by atoms with Crippen LogP contribution in [0.15, 0.2) is 24.3 Å². The van der Waals surface area contributed by atoms with Gasteiger partial charge in [0, 0.05) is 10.6 Å². The molecule has 1 amide bonds. The normalized spacial score (nSPS) is 11.0. The number of carbonyl (C=O) groups is 1. The standard InChI is InChI=1S/C8H7ClNO3S/c1-14(12,13)10-8(11)6-2-4-7(9)5-3-6/h2-5H,1H3. The molecule has 0 aliphatic carbocycles. The molecular weight excluding hydrogens is 226 g/mol. The SMILES string of the molecule is CS(=O)(=O)[N]C(=O)c1ccc(Cl)cc1. The van der Waals surface area contributed by atoms with Gasteiger partial charge in [0.25, 0.3) is 15.9 Å². The highest BCUT2D eigenvalue weighted by molar-refractivity contribution is 7.89. The minimum Gasteiger partial charge on any atom is -0.266 e. The molecule has 14 heavy (non-hydrogen) atoms. The summed E-state index contributed by atoms with van der Waals surface area (Å²) in [7, 11) is -3.64. The minimum absolute atomic E-state index is 0.194. The molecule has 0 aromatic heterocycles. The van der Waals surface area contributed by atoms with Gasteiger partial charge in [-0.15, -0.1) is 4.72 Å². The Morgan fingerprint density at radius 2 is 1.79 bits per heavy atom. The number of hydrogen-bond acceptors (Lipinski definition) is 3. The maximum absolute atomic E-state index is 11.2. The van der Waals surface area contributed by atoms with Crippen LogP contribution in [0, 0.1) is 0 Å². The van der Waals surface area contributed by atoms with Gasteiger partial charge in [0.2, 0.25) is 0 Å². The molecule has 0 fully saturated rings. The van der Waals surface area contributed by atoms with E-state index in [0.717, 1.165) is 6.26 Å². The molecule has 0 heterocycles. The van der Waals surface area contributed by atoms with Gasteiger partial charge in [-0.1, -0.05) is 11.6 Å². The number of hydrogen-bond donors (Lipinski definition) is 0. The number of sulfonamides is 1. The van der Waals surface area contributed by atoms with E-state index in [-0.39, 0.29) is 5.56 Å². The zero-order valence-corrected chi connectivity index (χ0v) is 8.84. The minimum atomic E-state index is -3.64. The van der Waals surface area contributed by atoms with Crippen molar-refractivity contribution in [2.45, 2.75) is 0 Å². The number of rotatable bonds is 2. The zero-order valence-electron chi connectivity index (χ0n) is 7.27. The third-order valence-corrected chi connectivity index (χ3v) is 2.09. The van der Waals surface area contributed by atoms with Crippen molar-refractivity contribution in [1.29, 1.82) is 0 Å². The van der Waals surface area contributed by atoms with Crippen LogP contribution in [0.3, 0.4) is 0 Å². The smallest absolute Gasteiger partial charge is 0.266 e. The van der Waals surface area contributed by atoms with E-state index in [2.05, 4.69) is 4.72 Å². The van der Waals surface area contributed by atoms with Gasteiger partial charge in [-0.25, -0.2) is 8.42 Å². The third-order valence-electron chi connectivity index (χ3n) is 1.34. The Morgan fingerprint density at radius 3 is 2.21 bits per heavy atom. The average molecular weight is 233 g/mol.